The maximum Gasteiger partial charge on any atom is 0.352 e. The molecule has 2 aromatic rings. The van der Waals surface area contributed by atoms with Crippen molar-refractivity contribution >= 4 is 63.7 Å². The van der Waals surface area contributed by atoms with Crippen LogP contribution in [-0.4, -0.2) is 108 Å². The number of hydrogen-bond donors (Lipinski definition) is 6. The maximum absolute atomic E-state index is 13.1. The Hall–Kier alpha value is -3.60. The summed E-state index contributed by atoms with van der Waals surface area (Å²) in [6, 6.07) is 1.64. The number of likely N-dealkylation sites (tertiary alicyclic amines) is 1. The number of fused-ring (bicyclic) bond motifs is 1. The fourth-order valence-electron chi connectivity index (χ4n) is 5.62. The van der Waals surface area contributed by atoms with Crippen molar-refractivity contribution < 1.29 is 39.0 Å². The third-order valence-electron chi connectivity index (χ3n) is 7.62. The van der Waals surface area contributed by atoms with Gasteiger partial charge < -0.3 is 36.2 Å². The number of rotatable bonds is 10. The number of carbonyl (C=O) groups excluding carboxylic acids is 3. The normalized spacial score (nSPS) is 21.1. The Morgan fingerprint density at radius 1 is 1.21 bits per heavy atom. The van der Waals surface area contributed by atoms with E-state index in [-0.39, 0.29) is 40.2 Å². The van der Waals surface area contributed by atoms with Crippen molar-refractivity contribution in [2.45, 2.75) is 30.7 Å². The summed E-state index contributed by atoms with van der Waals surface area (Å²) in [7, 11) is 0. The fourth-order valence-corrected chi connectivity index (χ4v) is 7.65. The summed E-state index contributed by atoms with van der Waals surface area (Å²) >= 11 is 8.38. The molecule has 0 bridgehead atoms. The van der Waals surface area contributed by atoms with Crippen molar-refractivity contribution in [3.63, 3.8) is 0 Å². The van der Waals surface area contributed by atoms with E-state index in [2.05, 4.69) is 20.0 Å². The Morgan fingerprint density at radius 3 is 2.62 bits per heavy atom. The molecule has 0 spiro atoms. The number of quaternary nitrogens is 1. The van der Waals surface area contributed by atoms with Crippen LogP contribution in [0.5, 0.6) is 11.5 Å². The van der Waals surface area contributed by atoms with Crippen molar-refractivity contribution in [2.75, 3.05) is 44.2 Å². The Labute approximate surface area is 253 Å². The summed E-state index contributed by atoms with van der Waals surface area (Å²) in [5, 5.41) is 34.4. The number of benzene rings is 1. The van der Waals surface area contributed by atoms with Crippen LogP contribution in [-0.2, 0) is 20.8 Å². The third-order valence-corrected chi connectivity index (χ3v) is 9.92. The van der Waals surface area contributed by atoms with E-state index in [1.165, 1.54) is 28.8 Å². The zero-order chi connectivity index (χ0) is 30.2. The van der Waals surface area contributed by atoms with Crippen LogP contribution < -0.4 is 16.4 Å². The third kappa shape index (κ3) is 5.84. The number of phenolic OH excluding ortho intramolecular Hbond substituents is 2. The van der Waals surface area contributed by atoms with Crippen LogP contribution in [0.25, 0.3) is 0 Å². The van der Waals surface area contributed by atoms with Gasteiger partial charge in [0.25, 0.3) is 11.8 Å². The van der Waals surface area contributed by atoms with E-state index < -0.39 is 46.6 Å². The number of nitrogens with zero attached hydrogens (tertiary/aromatic N) is 4. The molecule has 0 radical (unpaired) electrons. The van der Waals surface area contributed by atoms with Gasteiger partial charge in [0.15, 0.2) is 22.5 Å². The molecule has 5 rings (SSSR count). The number of nitrogens with one attached hydrogen (secondary N) is 2. The van der Waals surface area contributed by atoms with Crippen molar-refractivity contribution in [2.24, 2.45) is 0 Å². The topological polar surface area (TPSA) is 208 Å². The Balaban J connectivity index is 1.25. The van der Waals surface area contributed by atoms with Crippen LogP contribution in [0.15, 0.2) is 23.4 Å². The van der Waals surface area contributed by atoms with Gasteiger partial charge in [0.05, 0.1) is 43.2 Å². The lowest BCUT2D eigenvalue weighted by molar-refractivity contribution is -0.911. The molecule has 3 aliphatic rings. The van der Waals surface area contributed by atoms with E-state index >= 15 is 0 Å². The van der Waals surface area contributed by atoms with E-state index in [1.54, 1.807) is 0 Å². The highest BCUT2D eigenvalue weighted by Crippen LogP contribution is 2.41. The number of β-lactam (4-membered cyclic amide) rings is 1. The first-order valence-corrected chi connectivity index (χ1v) is 15.3. The van der Waals surface area contributed by atoms with Gasteiger partial charge >= 0.3 is 5.97 Å². The standard InChI is InChI=1S/C25H28ClN7O7S2/c26-17-13(3-4-14(34)20(17)36)21(37)28-5-8-33(6-1-2-7-33)10-12-11-41-23-18(22(38)32(23)19(12)24(39)40)30-16(35)9-15-29-25(27)42-31-15/h3-4,18,23H,1-2,5-11H2,(H6-,27,28,29,30,31,34,35,36,37,39,40)/p+1/t18-,23-/m1/s1. The highest BCUT2D eigenvalue weighted by atomic mass is 35.5. The molecule has 1 aromatic carbocycles. The lowest BCUT2D eigenvalue weighted by atomic mass is 10.0. The molecule has 42 heavy (non-hydrogen) atoms. The summed E-state index contributed by atoms with van der Waals surface area (Å²) < 4.78 is 4.51. The Bertz CT molecular complexity index is 1480. The zero-order valence-electron chi connectivity index (χ0n) is 22.2. The minimum atomic E-state index is -1.21. The van der Waals surface area contributed by atoms with Gasteiger partial charge in [-0.25, -0.2) is 9.78 Å². The number of carbonyl (C=O) groups is 4. The summed E-state index contributed by atoms with van der Waals surface area (Å²) in [6.45, 7) is 2.74. The van der Waals surface area contributed by atoms with Gasteiger partial charge in [0, 0.05) is 35.7 Å². The highest BCUT2D eigenvalue weighted by molar-refractivity contribution is 8.00. The van der Waals surface area contributed by atoms with Crippen LogP contribution in [0.3, 0.4) is 0 Å². The first kappa shape index (κ1) is 29.9. The van der Waals surface area contributed by atoms with E-state index in [1.807, 2.05) is 0 Å². The number of amides is 3. The number of aromatic hydroxyl groups is 2. The molecule has 2 fully saturated rings. The minimum Gasteiger partial charge on any atom is -0.504 e. The summed E-state index contributed by atoms with van der Waals surface area (Å²) in [6.07, 6.45) is 1.74. The molecule has 1 aromatic heterocycles. The number of thioether (sulfide) groups is 1. The van der Waals surface area contributed by atoms with Crippen LogP contribution >= 0.6 is 34.9 Å². The molecule has 14 nitrogen and oxygen atoms in total. The van der Waals surface area contributed by atoms with Gasteiger partial charge in [0.1, 0.15) is 23.7 Å². The number of anilines is 1. The average molecular weight is 639 g/mol. The second-order valence-corrected chi connectivity index (χ2v) is 12.6. The molecule has 0 aliphatic carbocycles. The molecule has 3 amide bonds. The lowest BCUT2D eigenvalue weighted by Gasteiger charge is -2.50. The van der Waals surface area contributed by atoms with Gasteiger partial charge in [-0.2, -0.15) is 4.37 Å². The largest absolute Gasteiger partial charge is 0.504 e. The predicted octanol–water partition coefficient (Wildman–Crippen LogP) is 0.507. The second kappa shape index (κ2) is 11.9. The molecular weight excluding hydrogens is 610 g/mol. The van der Waals surface area contributed by atoms with Crippen LogP contribution in [0, 0.1) is 0 Å². The number of phenols is 2. The molecule has 4 heterocycles. The van der Waals surface area contributed by atoms with E-state index in [0.29, 0.717) is 28.9 Å². The van der Waals surface area contributed by atoms with E-state index in [0.717, 1.165) is 37.5 Å². The first-order valence-electron chi connectivity index (χ1n) is 13.1. The number of nitrogen functional groups attached to an aromatic ring is 1. The zero-order valence-corrected chi connectivity index (χ0v) is 24.6. The summed E-state index contributed by atoms with van der Waals surface area (Å²) in [5.74, 6) is -3.03. The molecule has 224 valence electrons. The number of aliphatic carboxylic acids is 1. The molecular formula is C25H29ClN7O7S2+. The van der Waals surface area contributed by atoms with Crippen molar-refractivity contribution in [1.82, 2.24) is 24.9 Å². The van der Waals surface area contributed by atoms with Crippen molar-refractivity contribution in [1.29, 1.82) is 0 Å². The number of aromatic nitrogens is 2. The summed E-state index contributed by atoms with van der Waals surface area (Å²) in [4.78, 5) is 55.9. The second-order valence-electron chi connectivity index (χ2n) is 10.4. The quantitative estimate of drug-likeness (QED) is 0.120. The predicted molar refractivity (Wildman–Crippen MR) is 154 cm³/mol. The number of hydrogen-bond acceptors (Lipinski definition) is 11. The molecule has 2 atom stereocenters. The van der Waals surface area contributed by atoms with Gasteiger partial charge in [-0.1, -0.05) is 11.6 Å². The van der Waals surface area contributed by atoms with Gasteiger partial charge in [-0.3, -0.25) is 19.3 Å². The molecule has 17 heteroatoms. The Kier molecular flexibility index (Phi) is 8.50. The maximum atomic E-state index is 13.1. The van der Waals surface area contributed by atoms with Crippen LogP contribution in [0.2, 0.25) is 5.02 Å². The fraction of sp³-hybridized carbons (Fsp3) is 0.440. The van der Waals surface area contributed by atoms with Gasteiger partial charge in [-0.05, 0) is 12.1 Å². The van der Waals surface area contributed by atoms with Crippen LogP contribution in [0.4, 0.5) is 5.13 Å². The van der Waals surface area contributed by atoms with Crippen molar-refractivity contribution in [3.8, 4) is 11.5 Å². The highest BCUT2D eigenvalue weighted by Gasteiger charge is 2.55. The molecule has 2 saturated heterocycles. The minimum absolute atomic E-state index is 0.0236. The number of carboxylic acids is 1. The number of carboxylic acid groups (broad SMARTS) is 1. The van der Waals surface area contributed by atoms with Gasteiger partial charge in [0.2, 0.25) is 5.91 Å². The molecule has 0 saturated carbocycles. The number of nitrogens with two attached hydrogens (primary N) is 1. The monoisotopic (exact) mass is 638 g/mol. The van der Waals surface area contributed by atoms with Crippen molar-refractivity contribution in [3.05, 3.63) is 39.8 Å². The summed E-state index contributed by atoms with van der Waals surface area (Å²) in [5.41, 5.74) is 6.15. The Morgan fingerprint density at radius 2 is 1.95 bits per heavy atom. The molecule has 7 N–H and O–H groups in total. The van der Waals surface area contributed by atoms with Gasteiger partial charge in [-0.15, -0.1) is 11.8 Å². The van der Waals surface area contributed by atoms with Crippen LogP contribution in [0.1, 0.15) is 29.0 Å². The smallest absolute Gasteiger partial charge is 0.352 e. The first-order chi connectivity index (χ1) is 20.0. The lowest BCUT2D eigenvalue weighted by Crippen LogP contribution is -2.71. The SMILES string of the molecule is Nc1nc(CC(=O)N[C@@H]2C(=O)N3C(C(=O)O)=C(C[N+]4(CCNC(=O)c5ccc(O)c(O)c5Cl)CCCC4)CS[C@H]23)ns1. The van der Waals surface area contributed by atoms with E-state index in [4.69, 9.17) is 17.3 Å². The number of halogens is 1. The van der Waals surface area contributed by atoms with E-state index in [9.17, 15) is 34.5 Å². The molecule has 0 unspecified atom stereocenters. The molecule has 3 aliphatic heterocycles. The average Bonchev–Trinajstić information content (AvgIpc) is 3.58.